The Bertz CT molecular complexity index is 1140. The van der Waals surface area contributed by atoms with Crippen LogP contribution in [0.2, 0.25) is 0 Å². The predicted octanol–water partition coefficient (Wildman–Crippen LogP) is 3.03. The molecule has 6 nitrogen and oxygen atoms in total. The van der Waals surface area contributed by atoms with Gasteiger partial charge in [0.2, 0.25) is 15.9 Å². The van der Waals surface area contributed by atoms with Crippen LogP contribution in [-0.2, 0) is 27.7 Å². The first kappa shape index (κ1) is 18.6. The Morgan fingerprint density at radius 1 is 1.00 bits per heavy atom. The Labute approximate surface area is 164 Å². The quantitative estimate of drug-likeness (QED) is 0.695. The van der Waals surface area contributed by atoms with Crippen LogP contribution >= 0.6 is 0 Å². The summed E-state index contributed by atoms with van der Waals surface area (Å²) in [7, 11) is -3.75. The van der Waals surface area contributed by atoms with Crippen LogP contribution in [-0.4, -0.2) is 25.9 Å². The molecule has 3 aromatic rings. The molecule has 0 spiro atoms. The lowest BCUT2D eigenvalue weighted by Crippen LogP contribution is -2.33. The van der Waals surface area contributed by atoms with Gasteiger partial charge in [0, 0.05) is 11.6 Å². The number of amides is 1. The van der Waals surface area contributed by atoms with E-state index in [0.717, 1.165) is 36.6 Å². The molecule has 7 heteroatoms. The number of aryl methyl sites for hydroxylation is 2. The largest absolute Gasteiger partial charge is 0.323 e. The van der Waals surface area contributed by atoms with Gasteiger partial charge in [-0.15, -0.1) is 0 Å². The second kappa shape index (κ2) is 7.69. The molecule has 0 radical (unpaired) electrons. The average Bonchev–Trinajstić information content (AvgIpc) is 2.72. The molecule has 144 valence electrons. The lowest BCUT2D eigenvalue weighted by molar-refractivity contribution is -0.115. The summed E-state index contributed by atoms with van der Waals surface area (Å²) < 4.78 is 27.6. The highest BCUT2D eigenvalue weighted by Gasteiger charge is 2.19. The topological polar surface area (TPSA) is 88.2 Å². The third-order valence-electron chi connectivity index (χ3n) is 4.96. The Morgan fingerprint density at radius 3 is 2.64 bits per heavy atom. The standard InChI is InChI=1S/C21H21N3O3S/c25-20(24-19-9-3-7-16-8-4-12-22-21(16)19)14-23-28(26,27)18-11-10-15-5-1-2-6-17(15)13-18/h3-4,7-13,23H,1-2,5-6,14H2,(H,24,25). The van der Waals surface area contributed by atoms with Gasteiger partial charge in [-0.1, -0.05) is 24.3 Å². The van der Waals surface area contributed by atoms with Gasteiger partial charge in [-0.25, -0.2) is 13.1 Å². The van der Waals surface area contributed by atoms with E-state index in [1.54, 1.807) is 24.4 Å². The number of sulfonamides is 1. The molecule has 28 heavy (non-hydrogen) atoms. The van der Waals surface area contributed by atoms with Gasteiger partial charge >= 0.3 is 0 Å². The number of pyridine rings is 1. The van der Waals surface area contributed by atoms with Crippen LogP contribution in [0.25, 0.3) is 10.9 Å². The van der Waals surface area contributed by atoms with E-state index in [1.807, 2.05) is 30.3 Å². The molecule has 1 aromatic heterocycles. The highest BCUT2D eigenvalue weighted by atomic mass is 32.2. The summed E-state index contributed by atoms with van der Waals surface area (Å²) in [6, 6.07) is 14.4. The first-order chi connectivity index (χ1) is 13.5. The Balaban J connectivity index is 1.45. The summed E-state index contributed by atoms with van der Waals surface area (Å²) in [6.45, 7) is -0.345. The maximum atomic E-state index is 12.6. The minimum Gasteiger partial charge on any atom is -0.323 e. The van der Waals surface area contributed by atoms with Crippen molar-refractivity contribution >= 4 is 32.5 Å². The summed E-state index contributed by atoms with van der Waals surface area (Å²) in [6.07, 6.45) is 5.75. The van der Waals surface area contributed by atoms with Crippen molar-refractivity contribution in [3.63, 3.8) is 0 Å². The van der Waals surface area contributed by atoms with Crippen molar-refractivity contribution in [2.45, 2.75) is 30.6 Å². The zero-order valence-electron chi connectivity index (χ0n) is 15.3. The van der Waals surface area contributed by atoms with Gasteiger partial charge in [0.15, 0.2) is 0 Å². The minimum absolute atomic E-state index is 0.202. The molecule has 1 amide bonds. The Morgan fingerprint density at radius 2 is 1.79 bits per heavy atom. The number of aromatic nitrogens is 1. The van der Waals surface area contributed by atoms with Crippen molar-refractivity contribution in [2.24, 2.45) is 0 Å². The molecule has 0 saturated heterocycles. The molecular weight excluding hydrogens is 374 g/mol. The molecule has 1 aliphatic rings. The molecule has 0 fully saturated rings. The number of para-hydroxylation sites is 1. The molecule has 0 unspecified atom stereocenters. The van der Waals surface area contributed by atoms with Gasteiger partial charge < -0.3 is 5.32 Å². The van der Waals surface area contributed by atoms with E-state index in [2.05, 4.69) is 15.0 Å². The van der Waals surface area contributed by atoms with Crippen LogP contribution < -0.4 is 10.0 Å². The van der Waals surface area contributed by atoms with Crippen LogP contribution in [0.4, 0.5) is 5.69 Å². The van der Waals surface area contributed by atoms with E-state index < -0.39 is 15.9 Å². The van der Waals surface area contributed by atoms with Crippen LogP contribution in [0.5, 0.6) is 0 Å². The molecule has 4 rings (SSSR count). The number of rotatable bonds is 5. The van der Waals surface area contributed by atoms with Crippen molar-refractivity contribution < 1.29 is 13.2 Å². The molecule has 1 heterocycles. The molecule has 1 aliphatic carbocycles. The van der Waals surface area contributed by atoms with Gasteiger partial charge in [0.25, 0.3) is 0 Å². The molecule has 2 aromatic carbocycles. The number of nitrogens with zero attached hydrogens (tertiary/aromatic N) is 1. The number of benzene rings is 2. The fraction of sp³-hybridized carbons (Fsp3) is 0.238. The molecule has 0 bridgehead atoms. The van der Waals surface area contributed by atoms with Gasteiger partial charge in [-0.2, -0.15) is 0 Å². The third-order valence-corrected chi connectivity index (χ3v) is 6.36. The first-order valence-electron chi connectivity index (χ1n) is 9.28. The lowest BCUT2D eigenvalue weighted by atomic mass is 9.92. The van der Waals surface area contributed by atoms with Crippen LogP contribution in [0.15, 0.2) is 59.6 Å². The third kappa shape index (κ3) is 3.90. The smallest absolute Gasteiger partial charge is 0.241 e. The number of nitrogens with one attached hydrogen (secondary N) is 2. The van der Waals surface area contributed by atoms with Gasteiger partial charge in [0.1, 0.15) is 0 Å². The van der Waals surface area contributed by atoms with E-state index in [9.17, 15) is 13.2 Å². The first-order valence-corrected chi connectivity index (χ1v) is 10.8. The van der Waals surface area contributed by atoms with Crippen molar-refractivity contribution in [3.05, 3.63) is 65.9 Å². The zero-order chi connectivity index (χ0) is 19.6. The van der Waals surface area contributed by atoms with Crippen LogP contribution in [0.1, 0.15) is 24.0 Å². The monoisotopic (exact) mass is 395 g/mol. The molecule has 0 aliphatic heterocycles. The second-order valence-corrected chi connectivity index (χ2v) is 8.66. The molecule has 0 saturated carbocycles. The van der Waals surface area contributed by atoms with E-state index >= 15 is 0 Å². The second-order valence-electron chi connectivity index (χ2n) is 6.89. The van der Waals surface area contributed by atoms with Crippen LogP contribution in [0.3, 0.4) is 0 Å². The fourth-order valence-electron chi connectivity index (χ4n) is 3.52. The average molecular weight is 395 g/mol. The van der Waals surface area contributed by atoms with Crippen molar-refractivity contribution in [2.75, 3.05) is 11.9 Å². The molecule has 0 atom stereocenters. The van der Waals surface area contributed by atoms with Crippen molar-refractivity contribution in [3.8, 4) is 0 Å². The zero-order valence-corrected chi connectivity index (χ0v) is 16.1. The summed E-state index contributed by atoms with van der Waals surface area (Å²) in [5, 5.41) is 3.63. The summed E-state index contributed by atoms with van der Waals surface area (Å²) in [5.74, 6) is -0.445. The van der Waals surface area contributed by atoms with Crippen molar-refractivity contribution in [1.29, 1.82) is 0 Å². The summed E-state index contributed by atoms with van der Waals surface area (Å²) in [4.78, 5) is 16.8. The van der Waals surface area contributed by atoms with Gasteiger partial charge in [0.05, 0.1) is 22.6 Å². The number of anilines is 1. The van der Waals surface area contributed by atoms with Gasteiger partial charge in [-0.3, -0.25) is 9.78 Å². The number of hydrogen-bond acceptors (Lipinski definition) is 4. The maximum absolute atomic E-state index is 12.6. The normalized spacial score (nSPS) is 13.9. The maximum Gasteiger partial charge on any atom is 0.241 e. The summed E-state index contributed by atoms with van der Waals surface area (Å²) in [5.41, 5.74) is 3.51. The SMILES string of the molecule is O=C(CNS(=O)(=O)c1ccc2c(c1)CCCC2)Nc1cccc2cccnc12. The number of fused-ring (bicyclic) bond motifs is 2. The fourth-order valence-corrected chi connectivity index (χ4v) is 4.55. The molecular formula is C21H21N3O3S. The highest BCUT2D eigenvalue weighted by molar-refractivity contribution is 7.89. The lowest BCUT2D eigenvalue weighted by Gasteiger charge is -2.16. The minimum atomic E-state index is -3.75. The Kier molecular flexibility index (Phi) is 5.11. The molecule has 2 N–H and O–H groups in total. The predicted molar refractivity (Wildman–Crippen MR) is 109 cm³/mol. The van der Waals surface area contributed by atoms with Gasteiger partial charge in [-0.05, 0) is 61.1 Å². The Hall–Kier alpha value is -2.77. The number of hydrogen-bond donors (Lipinski definition) is 2. The van der Waals surface area contributed by atoms with Crippen molar-refractivity contribution in [1.82, 2.24) is 9.71 Å². The van der Waals surface area contributed by atoms with E-state index in [0.29, 0.717) is 11.2 Å². The van der Waals surface area contributed by atoms with Crippen LogP contribution in [0, 0.1) is 0 Å². The van der Waals surface area contributed by atoms with E-state index in [1.165, 1.54) is 5.56 Å². The number of carbonyl (C=O) groups is 1. The van der Waals surface area contributed by atoms with E-state index in [4.69, 9.17) is 0 Å². The number of carbonyl (C=O) groups excluding carboxylic acids is 1. The highest BCUT2D eigenvalue weighted by Crippen LogP contribution is 2.24. The summed E-state index contributed by atoms with van der Waals surface area (Å²) >= 11 is 0. The van der Waals surface area contributed by atoms with E-state index in [-0.39, 0.29) is 11.4 Å².